The highest BCUT2D eigenvalue weighted by molar-refractivity contribution is 9.10. The molecule has 0 saturated heterocycles. The first-order valence-corrected chi connectivity index (χ1v) is 6.00. The van der Waals surface area contributed by atoms with Gasteiger partial charge in [-0.25, -0.2) is 0 Å². The largest absolute Gasteiger partial charge is 0.352 e. The van der Waals surface area contributed by atoms with E-state index in [-0.39, 0.29) is 11.9 Å². The lowest BCUT2D eigenvalue weighted by atomic mass is 10.2. The van der Waals surface area contributed by atoms with Gasteiger partial charge in [-0.05, 0) is 35.2 Å². The molecule has 4 nitrogen and oxygen atoms in total. The molecule has 0 radical (unpaired) electrons. The van der Waals surface area contributed by atoms with Crippen LogP contribution in [0.5, 0.6) is 0 Å². The number of carbonyl (C=O) groups excluding carboxylic acids is 1. The van der Waals surface area contributed by atoms with Crippen LogP contribution in [0.3, 0.4) is 0 Å². The molecule has 1 aromatic rings. The van der Waals surface area contributed by atoms with Gasteiger partial charge in [0.25, 0.3) is 0 Å². The number of amides is 1. The first-order valence-electron chi connectivity index (χ1n) is 5.20. The van der Waals surface area contributed by atoms with Crippen LogP contribution in [0, 0.1) is 0 Å². The molecule has 1 aromatic heterocycles. The van der Waals surface area contributed by atoms with Crippen molar-refractivity contribution in [3.05, 3.63) is 16.9 Å². The summed E-state index contributed by atoms with van der Waals surface area (Å²) < 4.78 is 2.61. The van der Waals surface area contributed by atoms with Gasteiger partial charge in [-0.15, -0.1) is 0 Å². The van der Waals surface area contributed by atoms with E-state index in [1.165, 1.54) is 0 Å². The summed E-state index contributed by atoms with van der Waals surface area (Å²) in [7, 11) is 0. The third-order valence-electron chi connectivity index (χ3n) is 2.50. The molecule has 1 amide bonds. The molecule has 5 heteroatoms. The molecule has 1 atom stereocenters. The van der Waals surface area contributed by atoms with Crippen molar-refractivity contribution < 1.29 is 4.79 Å². The highest BCUT2D eigenvalue weighted by atomic mass is 79.9. The van der Waals surface area contributed by atoms with E-state index in [2.05, 4.69) is 26.3 Å². The second kappa shape index (κ2) is 4.35. The number of halogens is 1. The van der Waals surface area contributed by atoms with Crippen LogP contribution in [0.2, 0.25) is 0 Å². The van der Waals surface area contributed by atoms with Gasteiger partial charge in [0.2, 0.25) is 5.91 Å². The van der Waals surface area contributed by atoms with Crippen LogP contribution >= 0.6 is 15.9 Å². The van der Waals surface area contributed by atoms with Crippen LogP contribution in [0.15, 0.2) is 16.9 Å². The molecular weight excluding hydrogens is 258 g/mol. The first kappa shape index (κ1) is 10.7. The fraction of sp³-hybridized carbons (Fsp3) is 0.600. The van der Waals surface area contributed by atoms with Gasteiger partial charge in [0.15, 0.2) is 0 Å². The van der Waals surface area contributed by atoms with Gasteiger partial charge < -0.3 is 5.32 Å². The van der Waals surface area contributed by atoms with Gasteiger partial charge in [-0.2, -0.15) is 5.10 Å². The van der Waals surface area contributed by atoms with Crippen LogP contribution < -0.4 is 5.32 Å². The summed E-state index contributed by atoms with van der Waals surface area (Å²) in [5, 5.41) is 7.14. The number of carbonyl (C=O) groups is 1. The molecule has 82 valence electrons. The van der Waals surface area contributed by atoms with E-state index < -0.39 is 0 Å². The monoisotopic (exact) mass is 271 g/mol. The maximum Gasteiger partial charge on any atom is 0.245 e. The highest BCUT2D eigenvalue weighted by Crippen LogP contribution is 2.21. The highest BCUT2D eigenvalue weighted by Gasteiger charge is 2.27. The molecule has 1 heterocycles. The Bertz CT molecular complexity index is 359. The zero-order valence-corrected chi connectivity index (χ0v) is 10.2. The summed E-state index contributed by atoms with van der Waals surface area (Å²) >= 11 is 3.33. The molecule has 0 bridgehead atoms. The van der Waals surface area contributed by atoms with E-state index in [1.807, 2.05) is 13.1 Å². The number of nitrogens with zero attached hydrogens (tertiary/aromatic N) is 2. The summed E-state index contributed by atoms with van der Waals surface area (Å²) in [6.07, 6.45) is 6.52. The van der Waals surface area contributed by atoms with E-state index in [1.54, 1.807) is 10.9 Å². The van der Waals surface area contributed by atoms with Crippen molar-refractivity contribution in [3.8, 4) is 0 Å². The Hall–Kier alpha value is -0.840. The summed E-state index contributed by atoms with van der Waals surface area (Å²) in [4.78, 5) is 11.8. The van der Waals surface area contributed by atoms with Crippen LogP contribution in [0.4, 0.5) is 0 Å². The molecule has 0 aromatic carbocycles. The molecule has 0 aliphatic heterocycles. The van der Waals surface area contributed by atoms with Crippen molar-refractivity contribution in [2.45, 2.75) is 38.3 Å². The zero-order valence-electron chi connectivity index (χ0n) is 8.61. The number of aromatic nitrogens is 2. The number of rotatable bonds is 4. The fourth-order valence-electron chi connectivity index (χ4n) is 1.50. The first-order chi connectivity index (χ1) is 7.20. The Kier molecular flexibility index (Phi) is 3.09. The molecule has 1 aliphatic carbocycles. The average Bonchev–Trinajstić information content (AvgIpc) is 2.90. The Morgan fingerprint density at radius 1 is 1.80 bits per heavy atom. The predicted molar refractivity (Wildman–Crippen MR) is 60.4 cm³/mol. The molecule has 1 unspecified atom stereocenters. The van der Waals surface area contributed by atoms with Crippen molar-refractivity contribution in [1.82, 2.24) is 15.1 Å². The lowest BCUT2D eigenvalue weighted by Gasteiger charge is -2.14. The van der Waals surface area contributed by atoms with Gasteiger partial charge in [0.05, 0.1) is 10.7 Å². The Morgan fingerprint density at radius 2 is 2.53 bits per heavy atom. The number of hydrogen-bond donors (Lipinski definition) is 1. The molecule has 1 aliphatic rings. The lowest BCUT2D eigenvalue weighted by molar-refractivity contribution is -0.124. The van der Waals surface area contributed by atoms with E-state index >= 15 is 0 Å². The van der Waals surface area contributed by atoms with Crippen LogP contribution in [-0.4, -0.2) is 21.7 Å². The summed E-state index contributed by atoms with van der Waals surface area (Å²) in [6.45, 7) is 1.99. The van der Waals surface area contributed by atoms with Gasteiger partial charge >= 0.3 is 0 Å². The SMILES string of the molecule is CCC(C(=O)NC1CC1)n1cc(Br)cn1. The Morgan fingerprint density at radius 3 is 3.00 bits per heavy atom. The topological polar surface area (TPSA) is 46.9 Å². The second-order valence-corrected chi connectivity index (χ2v) is 4.76. The summed E-state index contributed by atoms with van der Waals surface area (Å²) in [5.41, 5.74) is 0. The van der Waals surface area contributed by atoms with Crippen molar-refractivity contribution in [1.29, 1.82) is 0 Å². The quantitative estimate of drug-likeness (QED) is 0.909. The van der Waals surface area contributed by atoms with Gasteiger partial charge in [0, 0.05) is 12.2 Å². The van der Waals surface area contributed by atoms with Crippen molar-refractivity contribution in [2.75, 3.05) is 0 Å². The summed E-state index contributed by atoms with van der Waals surface area (Å²) in [5.74, 6) is 0.0793. The predicted octanol–water partition coefficient (Wildman–Crippen LogP) is 1.88. The third-order valence-corrected chi connectivity index (χ3v) is 2.91. The number of hydrogen-bond acceptors (Lipinski definition) is 2. The smallest absolute Gasteiger partial charge is 0.245 e. The molecule has 0 spiro atoms. The molecule has 1 fully saturated rings. The van der Waals surface area contributed by atoms with Crippen LogP contribution in [-0.2, 0) is 4.79 Å². The van der Waals surface area contributed by atoms with Crippen molar-refractivity contribution in [3.63, 3.8) is 0 Å². The molecule has 1 N–H and O–H groups in total. The zero-order chi connectivity index (χ0) is 10.8. The number of nitrogens with one attached hydrogen (secondary N) is 1. The molecule has 1 saturated carbocycles. The molecule has 15 heavy (non-hydrogen) atoms. The van der Waals surface area contributed by atoms with Gasteiger partial charge in [-0.1, -0.05) is 6.92 Å². The van der Waals surface area contributed by atoms with Gasteiger partial charge in [0.1, 0.15) is 6.04 Å². The maximum atomic E-state index is 11.8. The Balaban J connectivity index is 2.04. The maximum absolute atomic E-state index is 11.8. The minimum absolute atomic E-state index is 0.0793. The van der Waals surface area contributed by atoms with Gasteiger partial charge in [-0.3, -0.25) is 9.48 Å². The minimum atomic E-state index is -0.183. The molecule has 2 rings (SSSR count). The van der Waals surface area contributed by atoms with Crippen molar-refractivity contribution in [2.24, 2.45) is 0 Å². The van der Waals surface area contributed by atoms with Crippen molar-refractivity contribution >= 4 is 21.8 Å². The molecular formula is C10H14BrN3O. The minimum Gasteiger partial charge on any atom is -0.352 e. The van der Waals surface area contributed by atoms with E-state index in [0.717, 1.165) is 23.7 Å². The van der Waals surface area contributed by atoms with E-state index in [9.17, 15) is 4.79 Å². The average molecular weight is 272 g/mol. The fourth-order valence-corrected chi connectivity index (χ4v) is 1.80. The standard InChI is InChI=1S/C10H14BrN3O/c1-2-9(10(15)13-8-3-4-8)14-6-7(11)5-12-14/h5-6,8-9H,2-4H2,1H3,(H,13,15). The summed E-state index contributed by atoms with van der Waals surface area (Å²) in [6, 6.07) is 0.224. The lowest BCUT2D eigenvalue weighted by Crippen LogP contribution is -2.33. The third kappa shape index (κ3) is 2.59. The second-order valence-electron chi connectivity index (χ2n) is 3.85. The van der Waals surface area contributed by atoms with E-state index in [0.29, 0.717) is 6.04 Å². The normalized spacial score (nSPS) is 17.5. The van der Waals surface area contributed by atoms with Crippen LogP contribution in [0.25, 0.3) is 0 Å². The Labute approximate surface area is 97.2 Å². The van der Waals surface area contributed by atoms with Crippen LogP contribution in [0.1, 0.15) is 32.2 Å². The van der Waals surface area contributed by atoms with E-state index in [4.69, 9.17) is 0 Å².